The van der Waals surface area contributed by atoms with Crippen LogP contribution in [0.2, 0.25) is 5.15 Å². The summed E-state index contributed by atoms with van der Waals surface area (Å²) in [5.41, 5.74) is 5.61. The Balaban J connectivity index is 1.84. The van der Waals surface area contributed by atoms with Gasteiger partial charge in [0.25, 0.3) is 0 Å². The van der Waals surface area contributed by atoms with Crippen LogP contribution in [0.3, 0.4) is 0 Å². The first-order chi connectivity index (χ1) is 9.56. The quantitative estimate of drug-likeness (QED) is 0.943. The van der Waals surface area contributed by atoms with Crippen molar-refractivity contribution in [3.05, 3.63) is 51.3 Å². The average molecular weight is 291 g/mol. The monoisotopic (exact) mass is 290 g/mol. The zero-order valence-corrected chi connectivity index (χ0v) is 12.6. The summed E-state index contributed by atoms with van der Waals surface area (Å²) in [4.78, 5) is 0. The van der Waals surface area contributed by atoms with Gasteiger partial charge in [0.2, 0.25) is 0 Å². The molecule has 20 heavy (non-hydrogen) atoms. The Bertz CT molecular complexity index is 648. The average Bonchev–Trinajstić information content (AvgIpc) is 2.98. The van der Waals surface area contributed by atoms with Crippen molar-refractivity contribution in [1.29, 1.82) is 0 Å². The molecule has 2 aromatic rings. The van der Waals surface area contributed by atoms with Gasteiger partial charge in [-0.05, 0) is 42.9 Å². The first-order valence-corrected chi connectivity index (χ1v) is 7.42. The van der Waals surface area contributed by atoms with Crippen LogP contribution in [0, 0.1) is 6.92 Å². The smallest absolute Gasteiger partial charge is 0.130 e. The molecule has 1 N–H and O–H groups in total. The largest absolute Gasteiger partial charge is 0.388 e. The van der Waals surface area contributed by atoms with Crippen LogP contribution < -0.4 is 0 Å². The van der Waals surface area contributed by atoms with Crippen LogP contribution in [0.1, 0.15) is 40.5 Å². The maximum absolute atomic E-state index is 10.5. The van der Waals surface area contributed by atoms with Gasteiger partial charge in [0.15, 0.2) is 0 Å². The van der Waals surface area contributed by atoms with Crippen LogP contribution >= 0.6 is 11.6 Å². The van der Waals surface area contributed by atoms with Crippen LogP contribution in [0.5, 0.6) is 0 Å². The molecule has 3 rings (SSSR count). The van der Waals surface area contributed by atoms with Crippen molar-refractivity contribution in [2.75, 3.05) is 0 Å². The Morgan fingerprint density at radius 1 is 1.35 bits per heavy atom. The lowest BCUT2D eigenvalue weighted by molar-refractivity contribution is 0.178. The fraction of sp³-hybridized carbons (Fsp3) is 0.438. The van der Waals surface area contributed by atoms with Crippen molar-refractivity contribution in [3.8, 4) is 0 Å². The number of aromatic nitrogens is 2. The van der Waals surface area contributed by atoms with E-state index in [2.05, 4.69) is 17.2 Å². The summed E-state index contributed by atoms with van der Waals surface area (Å²) >= 11 is 6.23. The number of fused-ring (bicyclic) bond motifs is 1. The van der Waals surface area contributed by atoms with Crippen molar-refractivity contribution >= 4 is 11.6 Å². The predicted molar refractivity (Wildman–Crippen MR) is 80.1 cm³/mol. The third-order valence-electron chi connectivity index (χ3n) is 4.17. The molecule has 1 unspecified atom stereocenters. The van der Waals surface area contributed by atoms with E-state index in [0.717, 1.165) is 23.2 Å². The Kier molecular flexibility index (Phi) is 3.57. The van der Waals surface area contributed by atoms with Crippen molar-refractivity contribution in [2.45, 2.75) is 38.7 Å². The number of nitrogens with zero attached hydrogens (tertiary/aromatic N) is 2. The molecule has 1 aromatic heterocycles. The van der Waals surface area contributed by atoms with Crippen molar-refractivity contribution < 1.29 is 5.11 Å². The highest BCUT2D eigenvalue weighted by Gasteiger charge is 2.18. The first-order valence-electron chi connectivity index (χ1n) is 7.04. The van der Waals surface area contributed by atoms with Gasteiger partial charge in [-0.2, -0.15) is 5.10 Å². The van der Waals surface area contributed by atoms with E-state index in [9.17, 15) is 5.11 Å². The fourth-order valence-electron chi connectivity index (χ4n) is 3.02. The normalized spacial score (nSPS) is 15.4. The lowest BCUT2D eigenvalue weighted by atomic mass is 9.98. The molecule has 0 radical (unpaired) electrons. The van der Waals surface area contributed by atoms with Gasteiger partial charge in [-0.25, -0.2) is 0 Å². The second-order valence-electron chi connectivity index (χ2n) is 5.58. The molecule has 1 atom stereocenters. The summed E-state index contributed by atoms with van der Waals surface area (Å²) in [6.07, 6.45) is 3.50. The van der Waals surface area contributed by atoms with Crippen LogP contribution in [-0.2, 0) is 26.3 Å². The second kappa shape index (κ2) is 5.23. The maximum Gasteiger partial charge on any atom is 0.130 e. The highest BCUT2D eigenvalue weighted by molar-refractivity contribution is 6.30. The minimum Gasteiger partial charge on any atom is -0.388 e. The predicted octanol–water partition coefficient (Wildman–Crippen LogP) is 3.15. The number of aliphatic hydroxyl groups is 1. The van der Waals surface area contributed by atoms with Crippen LogP contribution in [0.15, 0.2) is 18.2 Å². The minimum absolute atomic E-state index is 0.511. The molecule has 1 heterocycles. The van der Waals surface area contributed by atoms with Gasteiger partial charge in [0.05, 0.1) is 11.8 Å². The molecule has 0 saturated carbocycles. The maximum atomic E-state index is 10.5. The molecule has 1 aromatic carbocycles. The van der Waals surface area contributed by atoms with Gasteiger partial charge < -0.3 is 5.11 Å². The van der Waals surface area contributed by atoms with Gasteiger partial charge in [-0.15, -0.1) is 0 Å². The van der Waals surface area contributed by atoms with Crippen molar-refractivity contribution in [1.82, 2.24) is 9.78 Å². The number of benzene rings is 1. The molecule has 1 aliphatic carbocycles. The van der Waals surface area contributed by atoms with E-state index in [1.54, 1.807) is 4.68 Å². The first kappa shape index (κ1) is 13.7. The number of hydrogen-bond acceptors (Lipinski definition) is 2. The Morgan fingerprint density at radius 2 is 2.10 bits per heavy atom. The van der Waals surface area contributed by atoms with E-state index in [-0.39, 0.29) is 0 Å². The lowest BCUT2D eigenvalue weighted by Gasteiger charge is -2.12. The molecular weight excluding hydrogens is 272 g/mol. The molecule has 0 saturated heterocycles. The Labute approximate surface area is 124 Å². The molecule has 106 valence electrons. The minimum atomic E-state index is -0.527. The zero-order valence-electron chi connectivity index (χ0n) is 11.9. The van der Waals surface area contributed by atoms with E-state index in [1.165, 1.54) is 24.0 Å². The summed E-state index contributed by atoms with van der Waals surface area (Å²) < 4.78 is 1.65. The molecule has 0 amide bonds. The van der Waals surface area contributed by atoms with Gasteiger partial charge in [-0.1, -0.05) is 29.8 Å². The molecule has 0 bridgehead atoms. The number of hydrogen-bond donors (Lipinski definition) is 1. The SMILES string of the molecule is Cc1nn(C)c(Cl)c1CC(O)c1ccc2c(c1)CCC2. The molecule has 3 nitrogen and oxygen atoms in total. The zero-order chi connectivity index (χ0) is 14.3. The standard InChI is InChI=1S/C16H19ClN2O/c1-10-14(16(17)19(2)18-10)9-15(20)13-7-6-11-4-3-5-12(11)8-13/h6-8,15,20H,3-5,9H2,1-2H3. The van der Waals surface area contributed by atoms with Gasteiger partial charge in [0, 0.05) is 19.0 Å². The highest BCUT2D eigenvalue weighted by Crippen LogP contribution is 2.29. The number of aliphatic hydroxyl groups excluding tert-OH is 1. The fourth-order valence-corrected chi connectivity index (χ4v) is 3.27. The summed E-state index contributed by atoms with van der Waals surface area (Å²) in [5, 5.41) is 15.4. The number of aryl methyl sites for hydroxylation is 4. The number of rotatable bonds is 3. The van der Waals surface area contributed by atoms with Gasteiger partial charge >= 0.3 is 0 Å². The van der Waals surface area contributed by atoms with Crippen LogP contribution in [0.4, 0.5) is 0 Å². The summed E-state index contributed by atoms with van der Waals surface area (Å²) in [6, 6.07) is 6.33. The van der Waals surface area contributed by atoms with E-state index >= 15 is 0 Å². The molecule has 0 fully saturated rings. The van der Waals surface area contributed by atoms with E-state index in [0.29, 0.717) is 11.6 Å². The topological polar surface area (TPSA) is 38.0 Å². The summed E-state index contributed by atoms with van der Waals surface area (Å²) in [6.45, 7) is 1.93. The van der Waals surface area contributed by atoms with Crippen molar-refractivity contribution in [3.63, 3.8) is 0 Å². The Hall–Kier alpha value is -1.32. The van der Waals surface area contributed by atoms with Crippen LogP contribution in [-0.4, -0.2) is 14.9 Å². The second-order valence-corrected chi connectivity index (χ2v) is 5.94. The third kappa shape index (κ3) is 2.36. The van der Waals surface area contributed by atoms with Crippen molar-refractivity contribution in [2.24, 2.45) is 7.05 Å². The molecule has 1 aliphatic rings. The van der Waals surface area contributed by atoms with E-state index in [4.69, 9.17) is 11.6 Å². The van der Waals surface area contributed by atoms with Crippen LogP contribution in [0.25, 0.3) is 0 Å². The summed E-state index contributed by atoms with van der Waals surface area (Å²) in [5.74, 6) is 0. The number of halogens is 1. The van der Waals surface area contributed by atoms with E-state index in [1.807, 2.05) is 20.0 Å². The Morgan fingerprint density at radius 3 is 2.80 bits per heavy atom. The lowest BCUT2D eigenvalue weighted by Crippen LogP contribution is -2.03. The summed E-state index contributed by atoms with van der Waals surface area (Å²) in [7, 11) is 1.82. The highest BCUT2D eigenvalue weighted by atomic mass is 35.5. The molecule has 0 spiro atoms. The van der Waals surface area contributed by atoms with Gasteiger partial charge in [0.1, 0.15) is 5.15 Å². The molecule has 0 aliphatic heterocycles. The molecular formula is C16H19ClN2O. The molecule has 4 heteroatoms. The van der Waals surface area contributed by atoms with Gasteiger partial charge in [-0.3, -0.25) is 4.68 Å². The van der Waals surface area contributed by atoms with E-state index < -0.39 is 6.10 Å². The third-order valence-corrected chi connectivity index (χ3v) is 4.65.